The van der Waals surface area contributed by atoms with Crippen molar-refractivity contribution >= 4 is 5.97 Å². The Morgan fingerprint density at radius 2 is 2.00 bits per heavy atom. The summed E-state index contributed by atoms with van der Waals surface area (Å²) in [6, 6.07) is 0. The Morgan fingerprint density at radius 3 is 2.27 bits per heavy atom. The summed E-state index contributed by atoms with van der Waals surface area (Å²) in [7, 11) is 0. The molecule has 0 heterocycles. The standard InChI is InChI=1S/C8H11NO2/c9-8(5(10)11)4-7(8)3-6(7)1-2-6/h1-4,9H2,(H,10,11). The highest BCUT2D eigenvalue weighted by atomic mass is 16.4. The first kappa shape index (κ1) is 6.00. The van der Waals surface area contributed by atoms with Crippen LogP contribution >= 0.6 is 0 Å². The van der Waals surface area contributed by atoms with Crippen LogP contribution in [0.1, 0.15) is 25.7 Å². The van der Waals surface area contributed by atoms with E-state index in [1.165, 1.54) is 12.8 Å². The van der Waals surface area contributed by atoms with Gasteiger partial charge in [0.25, 0.3) is 0 Å². The fourth-order valence-corrected chi connectivity index (χ4v) is 2.93. The molecule has 0 saturated heterocycles. The van der Waals surface area contributed by atoms with E-state index in [1.807, 2.05) is 0 Å². The zero-order chi connectivity index (χ0) is 7.91. The topological polar surface area (TPSA) is 63.3 Å². The Bertz CT molecular complexity index is 271. The molecular weight excluding hydrogens is 142 g/mol. The van der Waals surface area contributed by atoms with E-state index in [2.05, 4.69) is 0 Å². The third kappa shape index (κ3) is 0.392. The number of fused-ring (bicyclic) bond motifs is 1. The van der Waals surface area contributed by atoms with Crippen LogP contribution in [-0.4, -0.2) is 16.6 Å². The van der Waals surface area contributed by atoms with Gasteiger partial charge in [0, 0.05) is 5.41 Å². The molecule has 0 aromatic carbocycles. The lowest BCUT2D eigenvalue weighted by molar-refractivity contribution is -0.140. The van der Waals surface area contributed by atoms with E-state index < -0.39 is 11.5 Å². The van der Waals surface area contributed by atoms with Crippen molar-refractivity contribution < 1.29 is 9.90 Å². The predicted octanol–water partition coefficient (Wildman–Crippen LogP) is 0.342. The third-order valence-corrected chi connectivity index (χ3v) is 4.08. The zero-order valence-corrected chi connectivity index (χ0v) is 6.26. The Kier molecular flexibility index (Phi) is 0.613. The van der Waals surface area contributed by atoms with Crippen LogP contribution in [0.5, 0.6) is 0 Å². The Labute approximate surface area is 64.6 Å². The van der Waals surface area contributed by atoms with Crippen molar-refractivity contribution in [1.82, 2.24) is 0 Å². The first-order chi connectivity index (χ1) is 5.06. The molecule has 11 heavy (non-hydrogen) atoms. The number of rotatable bonds is 1. The molecule has 0 radical (unpaired) electrons. The molecule has 3 aliphatic carbocycles. The van der Waals surface area contributed by atoms with Crippen LogP contribution in [-0.2, 0) is 4.79 Å². The van der Waals surface area contributed by atoms with Gasteiger partial charge in [-0.15, -0.1) is 0 Å². The highest BCUT2D eigenvalue weighted by Crippen LogP contribution is 2.91. The molecule has 3 aliphatic rings. The van der Waals surface area contributed by atoms with Crippen LogP contribution in [0.15, 0.2) is 0 Å². The van der Waals surface area contributed by atoms with Crippen molar-refractivity contribution in [2.24, 2.45) is 16.6 Å². The second-order valence-corrected chi connectivity index (χ2v) is 4.49. The average Bonchev–Trinajstić information content (AvgIpc) is 2.77. The third-order valence-electron chi connectivity index (χ3n) is 4.08. The molecule has 0 amide bonds. The Morgan fingerprint density at radius 1 is 1.36 bits per heavy atom. The van der Waals surface area contributed by atoms with E-state index in [0.29, 0.717) is 5.41 Å². The van der Waals surface area contributed by atoms with Crippen molar-refractivity contribution in [2.45, 2.75) is 31.2 Å². The largest absolute Gasteiger partial charge is 0.480 e. The monoisotopic (exact) mass is 153 g/mol. The Hall–Kier alpha value is -0.570. The quantitative estimate of drug-likeness (QED) is 0.571. The molecule has 3 saturated carbocycles. The molecule has 0 aromatic heterocycles. The second kappa shape index (κ2) is 1.12. The molecular formula is C8H11NO2. The van der Waals surface area contributed by atoms with Gasteiger partial charge in [-0.1, -0.05) is 0 Å². The number of carboxylic acid groups (broad SMARTS) is 1. The van der Waals surface area contributed by atoms with Crippen molar-refractivity contribution in [2.75, 3.05) is 0 Å². The maximum atomic E-state index is 10.7. The highest BCUT2D eigenvalue weighted by Gasteiger charge is 2.91. The minimum atomic E-state index is -0.830. The summed E-state index contributed by atoms with van der Waals surface area (Å²) in [4.78, 5) is 10.7. The van der Waals surface area contributed by atoms with E-state index >= 15 is 0 Å². The molecule has 2 spiro atoms. The smallest absolute Gasteiger partial charge is 0.324 e. The molecule has 2 atom stereocenters. The lowest BCUT2D eigenvalue weighted by atomic mass is 10.1. The molecule has 0 aromatic rings. The molecule has 0 aliphatic heterocycles. The van der Waals surface area contributed by atoms with E-state index in [4.69, 9.17) is 10.8 Å². The van der Waals surface area contributed by atoms with Crippen LogP contribution in [0.2, 0.25) is 0 Å². The van der Waals surface area contributed by atoms with Gasteiger partial charge in [-0.25, -0.2) is 0 Å². The number of carbonyl (C=O) groups is 1. The first-order valence-electron chi connectivity index (χ1n) is 4.09. The number of hydrogen-bond acceptors (Lipinski definition) is 2. The van der Waals surface area contributed by atoms with Gasteiger partial charge in [-0.2, -0.15) is 0 Å². The van der Waals surface area contributed by atoms with Crippen LogP contribution in [0, 0.1) is 10.8 Å². The van der Waals surface area contributed by atoms with Crippen LogP contribution in [0.25, 0.3) is 0 Å². The summed E-state index contributed by atoms with van der Waals surface area (Å²) in [5, 5.41) is 8.82. The minimum Gasteiger partial charge on any atom is -0.480 e. The van der Waals surface area contributed by atoms with Crippen LogP contribution in [0.4, 0.5) is 0 Å². The van der Waals surface area contributed by atoms with E-state index in [-0.39, 0.29) is 5.41 Å². The van der Waals surface area contributed by atoms with Gasteiger partial charge in [-0.05, 0) is 31.1 Å². The zero-order valence-electron chi connectivity index (χ0n) is 6.26. The average molecular weight is 153 g/mol. The maximum absolute atomic E-state index is 10.7. The molecule has 3 N–H and O–H groups in total. The first-order valence-corrected chi connectivity index (χ1v) is 4.09. The van der Waals surface area contributed by atoms with E-state index in [9.17, 15) is 4.79 Å². The van der Waals surface area contributed by atoms with Crippen molar-refractivity contribution in [3.8, 4) is 0 Å². The highest BCUT2D eigenvalue weighted by molar-refractivity contribution is 5.86. The molecule has 3 rings (SSSR count). The lowest BCUT2D eigenvalue weighted by Crippen LogP contribution is -2.36. The molecule has 3 nitrogen and oxygen atoms in total. The van der Waals surface area contributed by atoms with Gasteiger partial charge in [0.15, 0.2) is 0 Å². The summed E-state index contributed by atoms with van der Waals surface area (Å²) >= 11 is 0. The number of carboxylic acids is 1. The van der Waals surface area contributed by atoms with Crippen molar-refractivity contribution in [3.63, 3.8) is 0 Å². The van der Waals surface area contributed by atoms with Crippen LogP contribution < -0.4 is 5.73 Å². The summed E-state index contributed by atoms with van der Waals surface area (Å²) in [6.07, 6.45) is 4.26. The van der Waals surface area contributed by atoms with Crippen molar-refractivity contribution in [3.05, 3.63) is 0 Å². The summed E-state index contributed by atoms with van der Waals surface area (Å²) in [5.41, 5.74) is 5.39. The number of nitrogens with two attached hydrogens (primary N) is 1. The number of hydrogen-bond donors (Lipinski definition) is 2. The molecule has 2 unspecified atom stereocenters. The second-order valence-electron chi connectivity index (χ2n) is 4.49. The Balaban J connectivity index is 1.93. The minimum absolute atomic E-state index is 0.0613. The molecule has 0 bridgehead atoms. The van der Waals surface area contributed by atoms with Crippen molar-refractivity contribution in [1.29, 1.82) is 0 Å². The number of aliphatic carboxylic acids is 1. The van der Waals surface area contributed by atoms with Crippen LogP contribution in [0.3, 0.4) is 0 Å². The summed E-state index contributed by atoms with van der Waals surface area (Å²) in [5.74, 6) is -0.790. The fraction of sp³-hybridized carbons (Fsp3) is 0.875. The molecule has 60 valence electrons. The van der Waals surface area contributed by atoms with Gasteiger partial charge in [0.2, 0.25) is 0 Å². The summed E-state index contributed by atoms with van der Waals surface area (Å²) < 4.78 is 0. The van der Waals surface area contributed by atoms with Gasteiger partial charge in [-0.3, -0.25) is 4.79 Å². The molecule has 3 heteroatoms. The van der Waals surface area contributed by atoms with Gasteiger partial charge < -0.3 is 10.8 Å². The molecule has 3 fully saturated rings. The maximum Gasteiger partial charge on any atom is 0.324 e. The lowest BCUT2D eigenvalue weighted by Gasteiger charge is -2.02. The SMILES string of the molecule is NC1(C(=O)O)CC12CC21CC1. The predicted molar refractivity (Wildman–Crippen MR) is 37.9 cm³/mol. The normalized spacial score (nSPS) is 54.6. The summed E-state index contributed by atoms with van der Waals surface area (Å²) in [6.45, 7) is 0. The van der Waals surface area contributed by atoms with E-state index in [1.54, 1.807) is 0 Å². The fourth-order valence-electron chi connectivity index (χ4n) is 2.93. The van der Waals surface area contributed by atoms with Gasteiger partial charge >= 0.3 is 5.97 Å². The van der Waals surface area contributed by atoms with Gasteiger partial charge in [0.05, 0.1) is 0 Å². The van der Waals surface area contributed by atoms with Gasteiger partial charge in [0.1, 0.15) is 5.54 Å². The van der Waals surface area contributed by atoms with E-state index in [0.717, 1.165) is 12.8 Å².